The van der Waals surface area contributed by atoms with Crippen LogP contribution in [0, 0.1) is 0 Å². The average Bonchev–Trinajstić information content (AvgIpc) is 2.38. The average molecular weight is 266 g/mol. The summed E-state index contributed by atoms with van der Waals surface area (Å²) >= 11 is 0. The van der Waals surface area contributed by atoms with Crippen LogP contribution >= 0.6 is 0 Å². The van der Waals surface area contributed by atoms with Gasteiger partial charge < -0.3 is 5.11 Å². The van der Waals surface area contributed by atoms with Gasteiger partial charge in [0, 0.05) is 39.3 Å². The van der Waals surface area contributed by atoms with Crippen LogP contribution in [0.2, 0.25) is 0 Å². The Kier molecular flexibility index (Phi) is 8.03. The van der Waals surface area contributed by atoms with Crippen molar-refractivity contribution in [3.8, 4) is 0 Å². The number of nitrogens with zero attached hydrogens (tertiary/aromatic N) is 2. The summed E-state index contributed by atoms with van der Waals surface area (Å²) in [6.07, 6.45) is 7.02. The Balaban J connectivity index is 2.19. The fourth-order valence-corrected chi connectivity index (χ4v) is 2.31. The first-order valence-corrected chi connectivity index (χ1v) is 7.46. The minimum absolute atomic E-state index is 0.281. The van der Waals surface area contributed by atoms with E-state index in [-0.39, 0.29) is 6.61 Å². The zero-order chi connectivity index (χ0) is 14.1. The topological polar surface area (TPSA) is 26.7 Å². The molecule has 0 spiro atoms. The number of aliphatic hydroxyl groups excluding tert-OH is 1. The van der Waals surface area contributed by atoms with Gasteiger partial charge in [0.05, 0.1) is 6.61 Å². The second kappa shape index (κ2) is 9.29. The third-order valence-electron chi connectivity index (χ3n) is 3.67. The number of piperazine rings is 1. The first-order chi connectivity index (χ1) is 9.11. The lowest BCUT2D eigenvalue weighted by Gasteiger charge is -2.33. The maximum atomic E-state index is 8.91. The first kappa shape index (κ1) is 16.4. The van der Waals surface area contributed by atoms with Crippen LogP contribution in [-0.4, -0.2) is 60.8 Å². The minimum atomic E-state index is 0.281. The van der Waals surface area contributed by atoms with E-state index in [4.69, 9.17) is 5.11 Å². The molecule has 0 aromatic rings. The molecule has 1 N–H and O–H groups in total. The molecule has 19 heavy (non-hydrogen) atoms. The van der Waals surface area contributed by atoms with Gasteiger partial charge in [0.2, 0.25) is 0 Å². The van der Waals surface area contributed by atoms with Gasteiger partial charge in [0.15, 0.2) is 0 Å². The molecule has 0 radical (unpaired) electrons. The van der Waals surface area contributed by atoms with Crippen molar-refractivity contribution in [3.63, 3.8) is 0 Å². The van der Waals surface area contributed by atoms with Crippen molar-refractivity contribution >= 4 is 0 Å². The van der Waals surface area contributed by atoms with Crippen LogP contribution in [0.3, 0.4) is 0 Å². The zero-order valence-electron chi connectivity index (χ0n) is 12.9. The van der Waals surface area contributed by atoms with E-state index in [2.05, 4.69) is 42.7 Å². The summed E-state index contributed by atoms with van der Waals surface area (Å²) in [5.74, 6) is 0. The van der Waals surface area contributed by atoms with Gasteiger partial charge in [-0.25, -0.2) is 0 Å². The highest BCUT2D eigenvalue weighted by molar-refractivity contribution is 5.03. The highest BCUT2D eigenvalue weighted by Crippen LogP contribution is 2.08. The number of aliphatic hydroxyl groups is 1. The van der Waals surface area contributed by atoms with Crippen molar-refractivity contribution < 1.29 is 5.11 Å². The molecule has 110 valence electrons. The zero-order valence-corrected chi connectivity index (χ0v) is 12.9. The molecule has 1 aliphatic heterocycles. The molecule has 0 saturated carbocycles. The molecule has 0 aromatic heterocycles. The molecule has 1 fully saturated rings. The van der Waals surface area contributed by atoms with E-state index in [1.807, 2.05) is 0 Å². The molecule has 3 nitrogen and oxygen atoms in total. The van der Waals surface area contributed by atoms with E-state index in [0.29, 0.717) is 0 Å². The van der Waals surface area contributed by atoms with Crippen molar-refractivity contribution in [2.75, 3.05) is 45.9 Å². The second-order valence-corrected chi connectivity index (χ2v) is 5.74. The fourth-order valence-electron chi connectivity index (χ4n) is 2.31. The number of hydrogen-bond donors (Lipinski definition) is 1. The van der Waals surface area contributed by atoms with Gasteiger partial charge in [-0.3, -0.25) is 9.80 Å². The Labute approximate surface area is 118 Å². The van der Waals surface area contributed by atoms with E-state index in [0.717, 1.165) is 45.7 Å². The van der Waals surface area contributed by atoms with Crippen LogP contribution in [0.15, 0.2) is 23.3 Å². The van der Waals surface area contributed by atoms with Gasteiger partial charge in [-0.1, -0.05) is 23.3 Å². The molecule has 0 amide bonds. The maximum Gasteiger partial charge on any atom is 0.0558 e. The first-order valence-electron chi connectivity index (χ1n) is 7.46. The molecule has 3 heteroatoms. The Morgan fingerprint density at radius 1 is 1.00 bits per heavy atom. The van der Waals surface area contributed by atoms with Crippen molar-refractivity contribution in [3.05, 3.63) is 23.3 Å². The number of allylic oxidation sites excluding steroid dienone is 3. The molecule has 1 heterocycles. The van der Waals surface area contributed by atoms with Crippen molar-refractivity contribution in [1.82, 2.24) is 9.80 Å². The molecular formula is C16H30N2O. The number of hydrogen-bond acceptors (Lipinski definition) is 3. The van der Waals surface area contributed by atoms with E-state index < -0.39 is 0 Å². The number of β-amino-alcohol motifs (C(OH)–C–C–N with tert-alkyl or cyclic N) is 1. The summed E-state index contributed by atoms with van der Waals surface area (Å²) in [6, 6.07) is 0. The molecule has 0 unspecified atom stereocenters. The van der Waals surface area contributed by atoms with Gasteiger partial charge >= 0.3 is 0 Å². The fraction of sp³-hybridized carbons (Fsp3) is 0.750. The van der Waals surface area contributed by atoms with Crippen molar-refractivity contribution in [1.29, 1.82) is 0 Å². The minimum Gasteiger partial charge on any atom is -0.395 e. The summed E-state index contributed by atoms with van der Waals surface area (Å²) in [5.41, 5.74) is 2.91. The molecule has 1 saturated heterocycles. The van der Waals surface area contributed by atoms with Crippen LogP contribution in [-0.2, 0) is 0 Å². The Morgan fingerprint density at radius 2 is 1.63 bits per heavy atom. The summed E-state index contributed by atoms with van der Waals surface area (Å²) in [5, 5.41) is 8.91. The molecule has 1 aliphatic rings. The van der Waals surface area contributed by atoms with Gasteiger partial charge in [-0.2, -0.15) is 0 Å². The molecule has 0 aromatic carbocycles. The molecule has 0 atom stereocenters. The van der Waals surface area contributed by atoms with Crippen molar-refractivity contribution in [2.24, 2.45) is 0 Å². The summed E-state index contributed by atoms with van der Waals surface area (Å²) in [6.45, 7) is 13.2. The van der Waals surface area contributed by atoms with Crippen LogP contribution in [0.1, 0.15) is 33.6 Å². The quantitative estimate of drug-likeness (QED) is 0.716. The standard InChI is InChI=1S/C16H30N2O/c1-15(2)5-4-6-16(3)7-8-17-9-11-18(12-10-17)13-14-19/h5,7,19H,4,6,8-14H2,1-3H3/b16-7+. The van der Waals surface area contributed by atoms with Crippen LogP contribution in [0.5, 0.6) is 0 Å². The molecule has 0 bridgehead atoms. The SMILES string of the molecule is CC(C)=CCC/C(C)=C/CN1CCN(CCO)CC1. The number of rotatable bonds is 7. The Bertz CT molecular complexity index is 298. The van der Waals surface area contributed by atoms with E-state index >= 15 is 0 Å². The summed E-state index contributed by atoms with van der Waals surface area (Å²) in [7, 11) is 0. The highest BCUT2D eigenvalue weighted by Gasteiger charge is 2.14. The second-order valence-electron chi connectivity index (χ2n) is 5.74. The predicted molar refractivity (Wildman–Crippen MR) is 82.4 cm³/mol. The van der Waals surface area contributed by atoms with E-state index in [1.54, 1.807) is 0 Å². The lowest BCUT2D eigenvalue weighted by atomic mass is 10.1. The van der Waals surface area contributed by atoms with Crippen LogP contribution in [0.25, 0.3) is 0 Å². The largest absolute Gasteiger partial charge is 0.395 e. The van der Waals surface area contributed by atoms with Crippen LogP contribution in [0.4, 0.5) is 0 Å². The highest BCUT2D eigenvalue weighted by atomic mass is 16.3. The van der Waals surface area contributed by atoms with Gasteiger partial charge in [-0.05, 0) is 33.6 Å². The summed E-state index contributed by atoms with van der Waals surface area (Å²) < 4.78 is 0. The monoisotopic (exact) mass is 266 g/mol. The molecule has 1 rings (SSSR count). The lowest BCUT2D eigenvalue weighted by molar-refractivity contribution is 0.120. The summed E-state index contributed by atoms with van der Waals surface area (Å²) in [4.78, 5) is 4.83. The Hall–Kier alpha value is -0.640. The molecular weight excluding hydrogens is 236 g/mol. The van der Waals surface area contributed by atoms with Gasteiger partial charge in [-0.15, -0.1) is 0 Å². The third kappa shape index (κ3) is 7.51. The van der Waals surface area contributed by atoms with E-state index in [1.165, 1.54) is 17.6 Å². The Morgan fingerprint density at radius 3 is 2.21 bits per heavy atom. The maximum absolute atomic E-state index is 8.91. The lowest BCUT2D eigenvalue weighted by Crippen LogP contribution is -2.47. The van der Waals surface area contributed by atoms with Crippen molar-refractivity contribution in [2.45, 2.75) is 33.6 Å². The normalized spacial score (nSPS) is 18.6. The third-order valence-corrected chi connectivity index (χ3v) is 3.67. The van der Waals surface area contributed by atoms with Gasteiger partial charge in [0.1, 0.15) is 0 Å². The van der Waals surface area contributed by atoms with E-state index in [9.17, 15) is 0 Å². The smallest absolute Gasteiger partial charge is 0.0558 e. The van der Waals surface area contributed by atoms with Crippen LogP contribution < -0.4 is 0 Å². The molecule has 0 aliphatic carbocycles. The van der Waals surface area contributed by atoms with Gasteiger partial charge in [0.25, 0.3) is 0 Å². The predicted octanol–water partition coefficient (Wildman–Crippen LogP) is 2.29.